The summed E-state index contributed by atoms with van der Waals surface area (Å²) in [6, 6.07) is 0. The summed E-state index contributed by atoms with van der Waals surface area (Å²) in [6.07, 6.45) is -62.9. The molecule has 0 spiro atoms. The molecular weight excluding hydrogens is 1790 g/mol. The molecule has 42 nitrogen and oxygen atoms in total. The highest BCUT2D eigenvalue weighted by molar-refractivity contribution is 8.00. The van der Waals surface area contributed by atoms with Crippen molar-refractivity contribution in [3.8, 4) is 0 Å². The number of hydrogen-bond acceptors (Lipinski definition) is 42. The van der Waals surface area contributed by atoms with Crippen molar-refractivity contribution in [2.45, 2.75) is 318 Å². The Morgan fingerprint density at radius 2 is 0.398 bits per heavy atom. The Bertz CT molecular complexity index is 3180. The van der Waals surface area contributed by atoms with Crippen molar-refractivity contribution in [2.75, 3.05) is 87.1 Å². The molecule has 24 saturated heterocycles. The van der Waals surface area contributed by atoms with Gasteiger partial charge < -0.3 is 174 Å². The number of carboxylic acid groups (broad SMARTS) is 7. The zero-order valence-electron chi connectivity index (χ0n) is 67.2. The fourth-order valence-electron chi connectivity index (χ4n) is 14.9. The van der Waals surface area contributed by atoms with Crippen LogP contribution in [-0.4, -0.2) is 445 Å². The summed E-state index contributed by atoms with van der Waals surface area (Å²) in [5.41, 5.74) is 0. The summed E-state index contributed by atoms with van der Waals surface area (Å²) in [5.74, 6) is -8.45. The molecule has 35 unspecified atom stereocenters. The normalized spacial score (nSPS) is 39.3. The predicted octanol–water partition coefficient (Wildman–Crippen LogP) is -2.57. The Morgan fingerprint density at radius 1 is 0.220 bits per heavy atom. The van der Waals surface area contributed by atoms with Crippen molar-refractivity contribution in [3.63, 3.8) is 0 Å². The number of aliphatic hydroxyl groups is 14. The second-order valence-corrected chi connectivity index (χ2v) is 38.9. The maximum Gasteiger partial charge on any atom is 0.303 e. The zero-order valence-corrected chi connectivity index (χ0v) is 72.9. The Labute approximate surface area is 738 Å². The molecule has 24 heterocycles. The molecule has 21 N–H and O–H groups in total. The SMILES string of the molecule is O=C(O)CCCSCC1OC2OC3C(CSCCCC(=O)O)OC(OC4C(CSCCCC(=O)O)OC(OC5C(CSCCCC(=O)O)OC(OC6C(CSCCCC(=O)O)OC(OC7C(CSCCCC(=O)O)OC(OC8C(CSCCCC(=O)O)OC(OCCCCC1C(O)C2O)C(O)C8O)C(O)C7O)C(O)C6O)C(O)C5O)C(O)C4O)C(O)C3O. The van der Waals surface area contributed by atoms with Crippen molar-refractivity contribution in [1.82, 2.24) is 0 Å². The first-order valence-corrected chi connectivity index (χ1v) is 49.0. The fourth-order valence-corrected chi connectivity index (χ4v) is 22.0. The average Bonchev–Trinajstić information content (AvgIpc) is 0.779. The van der Waals surface area contributed by atoms with E-state index in [0.29, 0.717) is 0 Å². The minimum atomic E-state index is -2.23. The first-order valence-electron chi connectivity index (χ1n) is 40.9. The van der Waals surface area contributed by atoms with Crippen LogP contribution in [0.3, 0.4) is 0 Å². The van der Waals surface area contributed by atoms with Crippen LogP contribution in [0.5, 0.6) is 0 Å². The molecule has 0 radical (unpaired) electrons. The van der Waals surface area contributed by atoms with Gasteiger partial charge in [0.2, 0.25) is 0 Å². The van der Waals surface area contributed by atoms with E-state index in [1.807, 2.05) is 0 Å². The standard InChI is InChI=1S/C74H120O42S7/c75-41(76)11-3-19-117-26-34-33-10-1-2-18-103-68-56(97)49(90)62(35(105-68)27-118-20-4-12-42(77)78)112-70-58(99)51(92)64(37(107-70)29-120-22-6-14-44(81)82)114-72-60(101)53(94)66(39(109-72)31-122-24-8-16-46(85)86)116-74-61(102)54(95)67(40(110-74)32-123-25-9-17-47(87)88)115-73-59(100)52(93)65(38(108-73)30-121-23-7-15-45(83)84)113-71-57(98)50(91)63(111-69(104-34)55(96)48(33)89)36(106-71)28-119-21-5-13-43(79)80/h33-40,48-74,89-102H,1-32H2,(H,75,76)(H,77,78)(H,79,80)(H,81,82)(H,83,84)(H,85,86)(H,87,88). The van der Waals surface area contributed by atoms with E-state index in [1.165, 1.54) is 23.5 Å². The number of aliphatic carboxylic acids is 7. The van der Waals surface area contributed by atoms with Gasteiger partial charge in [0.05, 0.1) is 48.8 Å². The van der Waals surface area contributed by atoms with Crippen LogP contribution in [0.2, 0.25) is 0 Å². The predicted molar refractivity (Wildman–Crippen MR) is 437 cm³/mol. The number of thioether (sulfide) groups is 7. The van der Waals surface area contributed by atoms with Gasteiger partial charge in [0.1, 0.15) is 116 Å². The van der Waals surface area contributed by atoms with Crippen LogP contribution in [0.1, 0.15) is 109 Å². The zero-order chi connectivity index (χ0) is 89.7. The third-order valence-electron chi connectivity index (χ3n) is 21.4. The van der Waals surface area contributed by atoms with Crippen LogP contribution in [-0.2, 0) is 99.9 Å². The Kier molecular flexibility index (Phi) is 46.5. The van der Waals surface area contributed by atoms with Crippen LogP contribution < -0.4 is 0 Å². The second kappa shape index (κ2) is 54.0. The summed E-state index contributed by atoms with van der Waals surface area (Å²) >= 11 is 7.86. The van der Waals surface area contributed by atoms with Crippen molar-refractivity contribution in [1.29, 1.82) is 0 Å². The first-order chi connectivity index (χ1) is 58.6. The van der Waals surface area contributed by atoms with E-state index >= 15 is 0 Å². The molecule has 0 aromatic rings. The second-order valence-electron chi connectivity index (χ2n) is 30.8. The van der Waals surface area contributed by atoms with E-state index < -0.39 is 257 Å². The molecule has 123 heavy (non-hydrogen) atoms. The number of aliphatic hydroxyl groups excluding tert-OH is 14. The quantitative estimate of drug-likeness (QED) is 0.0279. The molecular formula is C74H120O42S7. The summed E-state index contributed by atoms with van der Waals surface area (Å²) < 4.78 is 89.0. The summed E-state index contributed by atoms with van der Waals surface area (Å²) in [7, 11) is 0. The third kappa shape index (κ3) is 32.5. The largest absolute Gasteiger partial charge is 0.481 e. The highest BCUT2D eigenvalue weighted by Crippen LogP contribution is 2.42. The van der Waals surface area contributed by atoms with Gasteiger partial charge in [-0.15, -0.1) is 0 Å². The molecule has 49 heteroatoms. The maximum absolute atomic E-state index is 12.4. The maximum atomic E-state index is 12.4. The molecule has 0 aromatic carbocycles. The van der Waals surface area contributed by atoms with Gasteiger partial charge in [-0.3, -0.25) is 33.6 Å². The van der Waals surface area contributed by atoms with E-state index in [-0.39, 0.29) is 196 Å². The number of carboxylic acids is 7. The minimum Gasteiger partial charge on any atom is -0.481 e. The molecule has 35 atom stereocenters. The molecule has 710 valence electrons. The van der Waals surface area contributed by atoms with Gasteiger partial charge in [-0.1, -0.05) is 6.42 Å². The van der Waals surface area contributed by atoms with E-state index in [9.17, 15) is 141 Å². The van der Waals surface area contributed by atoms with Gasteiger partial charge in [0.15, 0.2) is 44.0 Å². The number of carbonyl (C=O) groups is 7. The van der Waals surface area contributed by atoms with E-state index in [1.54, 1.807) is 0 Å². The molecule has 0 amide bonds. The number of hydrogen-bond donors (Lipinski definition) is 21. The minimum absolute atomic E-state index is 0.0648. The molecule has 24 aliphatic heterocycles. The third-order valence-corrected chi connectivity index (χ3v) is 29.4. The van der Waals surface area contributed by atoms with Gasteiger partial charge in [-0.25, -0.2) is 0 Å². The van der Waals surface area contributed by atoms with E-state index in [2.05, 4.69) is 0 Å². The molecule has 0 saturated carbocycles. The van der Waals surface area contributed by atoms with Crippen molar-refractivity contribution >= 4 is 124 Å². The lowest BCUT2D eigenvalue weighted by Crippen LogP contribution is -2.68. The Morgan fingerprint density at radius 3 is 0.610 bits per heavy atom. The lowest BCUT2D eigenvalue weighted by atomic mass is 9.85. The fraction of sp³-hybridized carbons (Fsp3) is 0.905. The molecule has 0 aliphatic carbocycles. The van der Waals surface area contributed by atoms with Gasteiger partial charge in [0, 0.05) is 97.7 Å². The molecule has 24 fully saturated rings. The van der Waals surface area contributed by atoms with Gasteiger partial charge in [-0.2, -0.15) is 82.3 Å². The van der Waals surface area contributed by atoms with Crippen LogP contribution in [0.25, 0.3) is 0 Å². The van der Waals surface area contributed by atoms with Crippen molar-refractivity contribution in [2.24, 2.45) is 5.92 Å². The van der Waals surface area contributed by atoms with Gasteiger partial charge in [-0.05, 0) is 98.1 Å². The highest BCUT2D eigenvalue weighted by atomic mass is 32.2. The number of rotatable bonds is 42. The molecule has 24 aliphatic rings. The molecule has 24 rings (SSSR count). The van der Waals surface area contributed by atoms with Crippen LogP contribution in [0.4, 0.5) is 0 Å². The Balaban J connectivity index is 1.17. The van der Waals surface area contributed by atoms with Crippen LogP contribution >= 0.6 is 82.3 Å². The van der Waals surface area contributed by atoms with Gasteiger partial charge >= 0.3 is 41.8 Å². The highest BCUT2D eigenvalue weighted by Gasteiger charge is 2.59. The number of ether oxygens (including phenoxy) is 14. The number of fused-ring (bicyclic) bond motifs is 1. The van der Waals surface area contributed by atoms with Crippen molar-refractivity contribution in [3.05, 3.63) is 0 Å². The monoisotopic (exact) mass is 1900 g/mol. The topological polar surface area (TPSA) is 674 Å². The smallest absolute Gasteiger partial charge is 0.303 e. The summed E-state index contributed by atoms with van der Waals surface area (Å²) in [4.78, 5) is 81.1. The van der Waals surface area contributed by atoms with Gasteiger partial charge in [0.25, 0.3) is 0 Å². The lowest BCUT2D eigenvalue weighted by molar-refractivity contribution is -0.390. The summed E-state index contributed by atoms with van der Waals surface area (Å²) in [5, 5.41) is 237. The van der Waals surface area contributed by atoms with Crippen LogP contribution in [0.15, 0.2) is 0 Å². The van der Waals surface area contributed by atoms with E-state index in [4.69, 9.17) is 66.3 Å². The molecule has 14 bridgehead atoms. The van der Waals surface area contributed by atoms with Crippen LogP contribution in [0, 0.1) is 5.92 Å². The van der Waals surface area contributed by atoms with Crippen molar-refractivity contribution < 1.29 is 207 Å². The van der Waals surface area contributed by atoms with E-state index in [0.717, 1.165) is 58.8 Å². The first kappa shape index (κ1) is 106. The lowest BCUT2D eigenvalue weighted by Gasteiger charge is -2.50. The average molecular weight is 1910 g/mol. The summed E-state index contributed by atoms with van der Waals surface area (Å²) in [6.45, 7) is -0.202. The molecule has 0 aromatic heterocycles. The Hall–Kier alpha value is -2.38.